The maximum atomic E-state index is 13.7. The normalized spacial score (nSPS) is 18.9. The number of hydrogen-bond donors (Lipinski definition) is 2. The number of aliphatic hydroxyl groups is 1. The van der Waals surface area contributed by atoms with E-state index in [-0.39, 0.29) is 36.1 Å². The number of benzene rings is 3. The zero-order valence-corrected chi connectivity index (χ0v) is 18.5. The number of fused-ring (bicyclic) bond motifs is 3. The van der Waals surface area contributed by atoms with E-state index in [2.05, 4.69) is 0 Å². The molecule has 0 aromatic heterocycles. The molecule has 0 bridgehead atoms. The van der Waals surface area contributed by atoms with Crippen molar-refractivity contribution in [2.24, 2.45) is 0 Å². The molecular formula is C26H24N2O6. The molecule has 1 unspecified atom stereocenters. The molecule has 2 atom stereocenters. The van der Waals surface area contributed by atoms with Crippen molar-refractivity contribution >= 4 is 17.7 Å². The molecule has 0 saturated carbocycles. The number of carbonyl (C=O) groups is 2. The monoisotopic (exact) mass is 460 g/mol. The van der Waals surface area contributed by atoms with Crippen molar-refractivity contribution in [3.63, 3.8) is 0 Å². The average Bonchev–Trinajstić information content (AvgIpc) is 2.94. The van der Waals surface area contributed by atoms with Gasteiger partial charge in [0.15, 0.2) is 17.7 Å². The molecule has 0 radical (unpaired) electrons. The topological polar surface area (TPSA) is 99.5 Å². The number of ether oxygens (including phenoxy) is 2. The molecule has 8 nitrogen and oxygen atoms in total. The first-order valence-corrected chi connectivity index (χ1v) is 10.9. The largest absolute Gasteiger partial charge is 0.493 e. The molecule has 0 spiro atoms. The second kappa shape index (κ2) is 8.72. The van der Waals surface area contributed by atoms with Crippen molar-refractivity contribution in [1.29, 1.82) is 0 Å². The number of amides is 2. The highest BCUT2D eigenvalue weighted by Crippen LogP contribution is 2.41. The average molecular weight is 460 g/mol. The minimum Gasteiger partial charge on any atom is -0.493 e. The Morgan fingerprint density at radius 2 is 1.74 bits per heavy atom. The first-order valence-electron chi connectivity index (χ1n) is 10.9. The number of hydrogen-bond acceptors (Lipinski definition) is 5. The van der Waals surface area contributed by atoms with Crippen LogP contribution in [0.3, 0.4) is 0 Å². The van der Waals surface area contributed by atoms with E-state index in [0.29, 0.717) is 12.2 Å². The van der Waals surface area contributed by atoms with Gasteiger partial charge in [-0.05, 0) is 29.2 Å². The summed E-state index contributed by atoms with van der Waals surface area (Å²) in [6, 6.07) is 19.4. The zero-order chi connectivity index (χ0) is 23.8. The zero-order valence-electron chi connectivity index (χ0n) is 18.5. The second-order valence-corrected chi connectivity index (χ2v) is 8.33. The molecule has 2 aliphatic rings. The van der Waals surface area contributed by atoms with Crippen molar-refractivity contribution < 1.29 is 29.3 Å². The standard InChI is InChI=1S/C26H24N2O6/c1-33-22-12-19-20(13-23(22)34-15-16-7-3-2-4-8-16)28(26(31)32)25(30)21-11-17-9-5-6-10-18(17)14-27(21)24(19)29/h2-10,12-13,21,25,30H,11,14-15H2,1H3,(H,31,32)/t21-,25?/m0/s1. The summed E-state index contributed by atoms with van der Waals surface area (Å²) in [6.45, 7) is 0.502. The number of anilines is 1. The minimum absolute atomic E-state index is 0.0623. The maximum absolute atomic E-state index is 13.7. The Labute approximate surface area is 196 Å². The molecule has 174 valence electrons. The SMILES string of the molecule is COc1cc2c(cc1OCc1ccccc1)N(C(=O)O)C(O)[C@@H]1Cc3ccccc3CN1C2=O. The Morgan fingerprint density at radius 3 is 2.44 bits per heavy atom. The quantitative estimate of drug-likeness (QED) is 0.617. The fourth-order valence-electron chi connectivity index (χ4n) is 4.65. The van der Waals surface area contributed by atoms with Gasteiger partial charge in [-0.2, -0.15) is 0 Å². The first kappa shape index (κ1) is 21.8. The van der Waals surface area contributed by atoms with Gasteiger partial charge in [-0.3, -0.25) is 4.79 Å². The summed E-state index contributed by atoms with van der Waals surface area (Å²) in [6.07, 6.45) is -2.47. The lowest BCUT2D eigenvalue weighted by Crippen LogP contribution is -2.55. The van der Waals surface area contributed by atoms with E-state index in [1.165, 1.54) is 19.2 Å². The van der Waals surface area contributed by atoms with Gasteiger partial charge in [0.1, 0.15) is 6.61 Å². The molecule has 8 heteroatoms. The summed E-state index contributed by atoms with van der Waals surface area (Å²) in [5.41, 5.74) is 3.07. The summed E-state index contributed by atoms with van der Waals surface area (Å²) in [5, 5.41) is 21.3. The Morgan fingerprint density at radius 1 is 1.03 bits per heavy atom. The number of aliphatic hydroxyl groups excluding tert-OH is 1. The molecule has 3 aromatic carbocycles. The number of methoxy groups -OCH3 is 1. The van der Waals surface area contributed by atoms with Crippen LogP contribution in [-0.2, 0) is 19.6 Å². The minimum atomic E-state index is -1.45. The van der Waals surface area contributed by atoms with Gasteiger partial charge in [-0.1, -0.05) is 54.6 Å². The Kier molecular flexibility index (Phi) is 5.59. The van der Waals surface area contributed by atoms with E-state index in [4.69, 9.17) is 9.47 Å². The molecule has 5 rings (SSSR count). The predicted molar refractivity (Wildman–Crippen MR) is 124 cm³/mol. The second-order valence-electron chi connectivity index (χ2n) is 8.33. The fraction of sp³-hybridized carbons (Fsp3) is 0.231. The summed E-state index contributed by atoms with van der Waals surface area (Å²) < 4.78 is 11.4. The third-order valence-corrected chi connectivity index (χ3v) is 6.37. The predicted octanol–water partition coefficient (Wildman–Crippen LogP) is 3.66. The number of carbonyl (C=O) groups excluding carboxylic acids is 1. The van der Waals surface area contributed by atoms with E-state index in [9.17, 15) is 19.8 Å². The van der Waals surface area contributed by atoms with Gasteiger partial charge >= 0.3 is 6.09 Å². The highest BCUT2D eigenvalue weighted by molar-refractivity contribution is 6.05. The fourth-order valence-corrected chi connectivity index (χ4v) is 4.65. The van der Waals surface area contributed by atoms with Gasteiger partial charge in [0, 0.05) is 12.6 Å². The van der Waals surface area contributed by atoms with Crippen LogP contribution in [0.2, 0.25) is 0 Å². The van der Waals surface area contributed by atoms with Gasteiger partial charge in [0.2, 0.25) is 0 Å². The lowest BCUT2D eigenvalue weighted by atomic mass is 9.93. The van der Waals surface area contributed by atoms with E-state index < -0.39 is 18.4 Å². The number of carboxylic acid groups (broad SMARTS) is 1. The Balaban J connectivity index is 1.58. The molecule has 2 N–H and O–H groups in total. The molecular weight excluding hydrogens is 436 g/mol. The third-order valence-electron chi connectivity index (χ3n) is 6.37. The van der Waals surface area contributed by atoms with Crippen molar-refractivity contribution in [2.75, 3.05) is 12.0 Å². The van der Waals surface area contributed by atoms with Crippen LogP contribution < -0.4 is 14.4 Å². The number of rotatable bonds is 4. The van der Waals surface area contributed by atoms with Crippen LogP contribution in [0.1, 0.15) is 27.0 Å². The third kappa shape index (κ3) is 3.72. The van der Waals surface area contributed by atoms with Crippen LogP contribution in [0, 0.1) is 0 Å². The van der Waals surface area contributed by atoms with Crippen molar-refractivity contribution in [3.8, 4) is 11.5 Å². The van der Waals surface area contributed by atoms with Gasteiger partial charge in [-0.15, -0.1) is 0 Å². The molecule has 0 saturated heterocycles. The van der Waals surface area contributed by atoms with Crippen LogP contribution in [0.5, 0.6) is 11.5 Å². The van der Waals surface area contributed by atoms with Gasteiger partial charge in [0.05, 0.1) is 24.4 Å². The molecule has 3 aromatic rings. The maximum Gasteiger partial charge on any atom is 0.414 e. The highest BCUT2D eigenvalue weighted by atomic mass is 16.5. The van der Waals surface area contributed by atoms with Gasteiger partial charge in [-0.25, -0.2) is 9.69 Å². The van der Waals surface area contributed by atoms with Crippen LogP contribution in [0.15, 0.2) is 66.7 Å². The van der Waals surface area contributed by atoms with Crippen molar-refractivity contribution in [1.82, 2.24) is 4.90 Å². The Hall–Kier alpha value is -4.04. The van der Waals surface area contributed by atoms with Crippen LogP contribution in [0.4, 0.5) is 10.5 Å². The first-order chi connectivity index (χ1) is 16.5. The highest BCUT2D eigenvalue weighted by Gasteiger charge is 2.44. The van der Waals surface area contributed by atoms with E-state index in [0.717, 1.165) is 21.6 Å². The summed E-state index contributed by atoms with van der Waals surface area (Å²) >= 11 is 0. The van der Waals surface area contributed by atoms with Crippen molar-refractivity contribution in [3.05, 3.63) is 89.0 Å². The smallest absolute Gasteiger partial charge is 0.414 e. The summed E-state index contributed by atoms with van der Waals surface area (Å²) in [4.78, 5) is 28.4. The summed E-state index contributed by atoms with van der Waals surface area (Å²) in [5.74, 6) is 0.212. The molecule has 2 heterocycles. The van der Waals surface area contributed by atoms with Crippen LogP contribution >= 0.6 is 0 Å². The van der Waals surface area contributed by atoms with E-state index in [1.807, 2.05) is 54.6 Å². The molecule has 0 fully saturated rings. The van der Waals surface area contributed by atoms with Gasteiger partial charge < -0.3 is 24.6 Å². The summed E-state index contributed by atoms with van der Waals surface area (Å²) in [7, 11) is 1.46. The van der Waals surface area contributed by atoms with E-state index in [1.54, 1.807) is 4.90 Å². The Bertz CT molecular complexity index is 1250. The van der Waals surface area contributed by atoms with Crippen molar-refractivity contribution in [2.45, 2.75) is 31.8 Å². The molecule has 34 heavy (non-hydrogen) atoms. The van der Waals surface area contributed by atoms with Gasteiger partial charge in [0.25, 0.3) is 5.91 Å². The van der Waals surface area contributed by atoms with Crippen LogP contribution in [-0.4, -0.2) is 46.5 Å². The van der Waals surface area contributed by atoms with E-state index >= 15 is 0 Å². The lowest BCUT2D eigenvalue weighted by molar-refractivity contribution is 0.0312. The van der Waals surface area contributed by atoms with Crippen LogP contribution in [0.25, 0.3) is 0 Å². The molecule has 2 amide bonds. The molecule has 2 aliphatic heterocycles. The molecule has 0 aliphatic carbocycles. The lowest BCUT2D eigenvalue weighted by Gasteiger charge is -2.39. The number of nitrogens with zero attached hydrogens (tertiary/aromatic N) is 2.